The smallest absolute Gasteiger partial charge is 0.282 e. The van der Waals surface area contributed by atoms with Crippen LogP contribution in [0.5, 0.6) is 0 Å². The van der Waals surface area contributed by atoms with Gasteiger partial charge in [-0.15, -0.1) is 0 Å². The van der Waals surface area contributed by atoms with E-state index in [-0.39, 0.29) is 22.0 Å². The predicted octanol–water partition coefficient (Wildman–Crippen LogP) is 2.77. The van der Waals surface area contributed by atoms with Gasteiger partial charge in [-0.1, -0.05) is 23.8 Å². The van der Waals surface area contributed by atoms with Crippen molar-refractivity contribution in [2.24, 2.45) is 0 Å². The fourth-order valence-electron chi connectivity index (χ4n) is 2.33. The van der Waals surface area contributed by atoms with Gasteiger partial charge in [-0.2, -0.15) is 8.42 Å². The lowest BCUT2D eigenvalue weighted by molar-refractivity contribution is 0.483. The van der Waals surface area contributed by atoms with E-state index < -0.39 is 20.1 Å². The van der Waals surface area contributed by atoms with E-state index in [0.29, 0.717) is 5.56 Å². The summed E-state index contributed by atoms with van der Waals surface area (Å²) in [6, 6.07) is 10.3. The van der Waals surface area contributed by atoms with Crippen LogP contribution in [0.1, 0.15) is 18.1 Å². The Morgan fingerprint density at radius 2 is 1.46 bits per heavy atom. The molecule has 2 aromatic rings. The number of anilines is 1. The van der Waals surface area contributed by atoms with E-state index in [1.54, 1.807) is 26.0 Å². The first-order valence-electron chi connectivity index (χ1n) is 7.25. The molecule has 0 aromatic heterocycles. The monoisotopic (exact) mass is 369 g/mol. The van der Waals surface area contributed by atoms with E-state index in [1.165, 1.54) is 30.3 Å². The Kier molecular flexibility index (Phi) is 5.03. The largest absolute Gasteiger partial charge is 0.294 e. The second kappa shape index (κ2) is 6.54. The summed E-state index contributed by atoms with van der Waals surface area (Å²) >= 11 is 0. The Balaban J connectivity index is 2.62. The van der Waals surface area contributed by atoms with Crippen molar-refractivity contribution in [1.82, 2.24) is 0 Å². The molecule has 0 aliphatic carbocycles. The lowest BCUT2D eigenvalue weighted by Crippen LogP contribution is -2.31. The zero-order chi connectivity index (χ0) is 18.1. The van der Waals surface area contributed by atoms with Crippen LogP contribution in [-0.2, 0) is 20.1 Å². The van der Waals surface area contributed by atoms with Crippen molar-refractivity contribution in [3.63, 3.8) is 0 Å². The van der Waals surface area contributed by atoms with Crippen molar-refractivity contribution in [1.29, 1.82) is 0 Å². The second-order valence-electron chi connectivity index (χ2n) is 5.41. The van der Waals surface area contributed by atoms with Crippen LogP contribution in [0, 0.1) is 13.8 Å². The molecule has 0 bridgehead atoms. The van der Waals surface area contributed by atoms with Crippen LogP contribution in [0.3, 0.4) is 0 Å². The van der Waals surface area contributed by atoms with Crippen LogP contribution in [0.2, 0.25) is 0 Å². The van der Waals surface area contributed by atoms with Crippen LogP contribution < -0.4 is 4.31 Å². The fraction of sp³-hybridized carbons (Fsp3) is 0.250. The summed E-state index contributed by atoms with van der Waals surface area (Å²) in [6.07, 6.45) is 0. The minimum absolute atomic E-state index is 0.117. The highest BCUT2D eigenvalue weighted by Crippen LogP contribution is 2.29. The molecule has 0 aliphatic heterocycles. The highest BCUT2D eigenvalue weighted by Gasteiger charge is 2.26. The molecule has 0 spiro atoms. The van der Waals surface area contributed by atoms with Gasteiger partial charge in [-0.05, 0) is 50.6 Å². The molecule has 2 aromatic carbocycles. The summed E-state index contributed by atoms with van der Waals surface area (Å²) in [4.78, 5) is -0.229. The third-order valence-electron chi connectivity index (χ3n) is 3.64. The normalized spacial score (nSPS) is 12.2. The van der Waals surface area contributed by atoms with Crippen LogP contribution in [-0.4, -0.2) is 27.9 Å². The molecule has 0 saturated heterocycles. The zero-order valence-electron chi connectivity index (χ0n) is 13.6. The average Bonchev–Trinajstić information content (AvgIpc) is 2.49. The van der Waals surface area contributed by atoms with Gasteiger partial charge >= 0.3 is 0 Å². The van der Waals surface area contributed by atoms with Gasteiger partial charge in [-0.3, -0.25) is 8.86 Å². The number of nitrogens with zero attached hydrogens (tertiary/aromatic N) is 1. The van der Waals surface area contributed by atoms with Crippen LogP contribution in [0.25, 0.3) is 0 Å². The molecule has 0 aliphatic rings. The van der Waals surface area contributed by atoms with Crippen molar-refractivity contribution in [2.45, 2.75) is 30.6 Å². The summed E-state index contributed by atoms with van der Waals surface area (Å²) in [5, 5.41) is 0. The van der Waals surface area contributed by atoms with E-state index in [4.69, 9.17) is 0 Å². The van der Waals surface area contributed by atoms with E-state index >= 15 is 0 Å². The highest BCUT2D eigenvalue weighted by molar-refractivity contribution is 7.92. The molecule has 0 unspecified atom stereocenters. The second-order valence-corrected chi connectivity index (χ2v) is 8.69. The SMILES string of the molecule is CCN(c1cc(S(=O)(=O)O)ccc1C)S(=O)(=O)c1ccc(C)cc1. The molecule has 0 amide bonds. The maximum Gasteiger partial charge on any atom is 0.294 e. The van der Waals surface area contributed by atoms with Gasteiger partial charge in [0.15, 0.2) is 0 Å². The maximum absolute atomic E-state index is 12.9. The third-order valence-corrected chi connectivity index (χ3v) is 6.40. The summed E-state index contributed by atoms with van der Waals surface area (Å²) in [6.45, 7) is 5.31. The van der Waals surface area contributed by atoms with Crippen LogP contribution >= 0.6 is 0 Å². The number of benzene rings is 2. The standard InChI is InChI=1S/C16H19NO5S2/c1-4-17(23(18,19)14-8-5-12(2)6-9-14)16-11-15(24(20,21)22)10-7-13(16)3/h5-11H,4H2,1-3H3,(H,20,21,22). The molecule has 130 valence electrons. The number of hydrogen-bond donors (Lipinski definition) is 1. The number of hydrogen-bond acceptors (Lipinski definition) is 4. The summed E-state index contributed by atoms with van der Waals surface area (Å²) in [7, 11) is -8.27. The zero-order valence-corrected chi connectivity index (χ0v) is 15.2. The molecule has 1 N–H and O–H groups in total. The minimum Gasteiger partial charge on any atom is -0.282 e. The highest BCUT2D eigenvalue weighted by atomic mass is 32.2. The summed E-state index contributed by atoms with van der Waals surface area (Å²) in [5.74, 6) is 0. The first-order valence-corrected chi connectivity index (χ1v) is 10.1. The maximum atomic E-state index is 12.9. The first kappa shape index (κ1) is 18.4. The molecular formula is C16H19NO5S2. The first-order chi connectivity index (χ1) is 11.1. The quantitative estimate of drug-likeness (QED) is 0.818. The van der Waals surface area contributed by atoms with Gasteiger partial charge in [0.05, 0.1) is 15.5 Å². The van der Waals surface area contributed by atoms with Crippen molar-refractivity contribution in [2.75, 3.05) is 10.8 Å². The van der Waals surface area contributed by atoms with Gasteiger partial charge in [0, 0.05) is 6.54 Å². The van der Waals surface area contributed by atoms with E-state index in [2.05, 4.69) is 0 Å². The van der Waals surface area contributed by atoms with Gasteiger partial charge < -0.3 is 0 Å². The molecule has 0 radical (unpaired) electrons. The lowest BCUT2D eigenvalue weighted by atomic mass is 10.2. The molecule has 8 heteroatoms. The van der Waals surface area contributed by atoms with Crippen molar-refractivity contribution in [3.05, 3.63) is 53.6 Å². The molecule has 24 heavy (non-hydrogen) atoms. The van der Waals surface area contributed by atoms with Gasteiger partial charge in [-0.25, -0.2) is 8.42 Å². The number of sulfonamides is 1. The Hall–Kier alpha value is -1.90. The van der Waals surface area contributed by atoms with Gasteiger partial charge in [0.2, 0.25) is 0 Å². The van der Waals surface area contributed by atoms with Gasteiger partial charge in [0.1, 0.15) is 0 Å². The van der Waals surface area contributed by atoms with E-state index in [0.717, 1.165) is 9.87 Å². The van der Waals surface area contributed by atoms with Crippen LogP contribution in [0.4, 0.5) is 5.69 Å². The molecular weight excluding hydrogens is 350 g/mol. The average molecular weight is 369 g/mol. The molecule has 0 heterocycles. The molecule has 0 atom stereocenters. The summed E-state index contributed by atoms with van der Waals surface area (Å²) in [5.41, 5.74) is 1.73. The Labute approximate surface area is 142 Å². The molecule has 0 fully saturated rings. The third kappa shape index (κ3) is 3.61. The minimum atomic E-state index is -4.42. The lowest BCUT2D eigenvalue weighted by Gasteiger charge is -2.25. The number of aryl methyl sites for hydroxylation is 2. The van der Waals surface area contributed by atoms with Crippen molar-refractivity contribution < 1.29 is 21.4 Å². The van der Waals surface area contributed by atoms with E-state index in [1.807, 2.05) is 6.92 Å². The molecule has 0 saturated carbocycles. The van der Waals surface area contributed by atoms with Gasteiger partial charge in [0.25, 0.3) is 20.1 Å². The Morgan fingerprint density at radius 1 is 0.917 bits per heavy atom. The van der Waals surface area contributed by atoms with Crippen molar-refractivity contribution in [3.8, 4) is 0 Å². The molecule has 2 rings (SSSR count). The predicted molar refractivity (Wildman–Crippen MR) is 92.4 cm³/mol. The van der Waals surface area contributed by atoms with E-state index in [9.17, 15) is 21.4 Å². The summed E-state index contributed by atoms with van der Waals surface area (Å²) < 4.78 is 58.8. The van der Waals surface area contributed by atoms with Crippen LogP contribution in [0.15, 0.2) is 52.3 Å². The van der Waals surface area contributed by atoms with Crippen molar-refractivity contribution >= 4 is 25.8 Å². The number of rotatable bonds is 5. The fourth-order valence-corrected chi connectivity index (χ4v) is 4.36. The topological polar surface area (TPSA) is 91.8 Å². The Morgan fingerprint density at radius 3 is 1.96 bits per heavy atom. The molecule has 6 nitrogen and oxygen atoms in total. The Bertz CT molecular complexity index is 948.